The highest BCUT2D eigenvalue weighted by Crippen LogP contribution is 2.04. The summed E-state index contributed by atoms with van der Waals surface area (Å²) in [7, 11) is 0. The molecule has 0 bridgehead atoms. The van der Waals surface area contributed by atoms with E-state index >= 15 is 0 Å². The quantitative estimate of drug-likeness (QED) is 0.752. The Kier molecular flexibility index (Phi) is 5.75. The van der Waals surface area contributed by atoms with Gasteiger partial charge in [0, 0.05) is 25.2 Å². The lowest BCUT2D eigenvalue weighted by atomic mass is 10.1. The van der Waals surface area contributed by atoms with Crippen LogP contribution in [0.4, 0.5) is 0 Å². The number of rotatable bonds is 4. The number of carboxylic acids is 1. The van der Waals surface area contributed by atoms with E-state index in [1.165, 1.54) is 0 Å². The molecule has 1 fully saturated rings. The van der Waals surface area contributed by atoms with E-state index in [1.54, 1.807) is 0 Å². The van der Waals surface area contributed by atoms with Crippen molar-refractivity contribution in [3.63, 3.8) is 0 Å². The fourth-order valence-corrected chi connectivity index (χ4v) is 2.19. The molecule has 0 radical (unpaired) electrons. The van der Waals surface area contributed by atoms with Crippen molar-refractivity contribution in [2.45, 2.75) is 32.7 Å². The second-order valence-electron chi connectivity index (χ2n) is 6.10. The van der Waals surface area contributed by atoms with Crippen LogP contribution in [-0.2, 0) is 9.59 Å². The lowest BCUT2D eigenvalue weighted by molar-refractivity contribution is -0.138. The van der Waals surface area contributed by atoms with Gasteiger partial charge in [0.1, 0.15) is 0 Å². The molecule has 0 aromatic heterocycles. The first kappa shape index (κ1) is 15.9. The van der Waals surface area contributed by atoms with Crippen LogP contribution in [-0.4, -0.2) is 71.6 Å². The molecular formula is C13H25N3O3. The molecule has 6 heteroatoms. The Hall–Kier alpha value is -1.14. The van der Waals surface area contributed by atoms with Gasteiger partial charge in [0.05, 0.1) is 13.1 Å². The number of hydrogen-bond donors (Lipinski definition) is 2. The zero-order chi connectivity index (χ0) is 14.5. The molecule has 0 atom stereocenters. The van der Waals surface area contributed by atoms with E-state index in [9.17, 15) is 9.59 Å². The molecule has 6 nitrogen and oxygen atoms in total. The zero-order valence-electron chi connectivity index (χ0n) is 12.1. The van der Waals surface area contributed by atoms with Crippen LogP contribution in [0.15, 0.2) is 0 Å². The van der Waals surface area contributed by atoms with Crippen molar-refractivity contribution in [2.24, 2.45) is 0 Å². The Morgan fingerprint density at radius 3 is 2.05 bits per heavy atom. The molecule has 1 saturated heterocycles. The van der Waals surface area contributed by atoms with Crippen LogP contribution >= 0.6 is 0 Å². The fourth-order valence-electron chi connectivity index (χ4n) is 2.19. The van der Waals surface area contributed by atoms with Crippen LogP contribution in [0.1, 0.15) is 27.2 Å². The van der Waals surface area contributed by atoms with Crippen LogP contribution in [0.25, 0.3) is 0 Å². The summed E-state index contributed by atoms with van der Waals surface area (Å²) in [4.78, 5) is 26.5. The minimum absolute atomic E-state index is 0.0270. The molecule has 19 heavy (non-hydrogen) atoms. The maximum absolute atomic E-state index is 11.8. The molecule has 0 aromatic rings. The molecule has 0 unspecified atom stereocenters. The second kappa shape index (κ2) is 6.86. The van der Waals surface area contributed by atoms with E-state index in [-0.39, 0.29) is 18.0 Å². The smallest absolute Gasteiger partial charge is 0.317 e. The highest BCUT2D eigenvalue weighted by atomic mass is 16.4. The molecule has 1 amide bonds. The molecule has 1 aliphatic heterocycles. The van der Waals surface area contributed by atoms with Crippen LogP contribution in [0.5, 0.6) is 0 Å². The normalized spacial score (nSPS) is 18.9. The number of nitrogens with one attached hydrogen (secondary N) is 1. The number of carbonyl (C=O) groups excluding carboxylic acids is 1. The molecule has 0 spiro atoms. The first-order valence-corrected chi connectivity index (χ1v) is 6.74. The van der Waals surface area contributed by atoms with E-state index in [4.69, 9.17) is 5.11 Å². The number of aliphatic carboxylic acids is 1. The average molecular weight is 271 g/mol. The molecule has 0 aliphatic carbocycles. The summed E-state index contributed by atoms with van der Waals surface area (Å²) in [6, 6.07) is 0. The van der Waals surface area contributed by atoms with Gasteiger partial charge in [-0.25, -0.2) is 0 Å². The molecule has 0 aromatic carbocycles. The monoisotopic (exact) mass is 271 g/mol. The van der Waals surface area contributed by atoms with Gasteiger partial charge in [-0.2, -0.15) is 0 Å². The molecule has 1 heterocycles. The zero-order valence-corrected chi connectivity index (χ0v) is 12.1. The predicted octanol–water partition coefficient (Wildman–Crippen LogP) is -0.00660. The van der Waals surface area contributed by atoms with E-state index < -0.39 is 5.97 Å². The lowest BCUT2D eigenvalue weighted by Crippen LogP contribution is -2.46. The molecule has 2 N–H and O–H groups in total. The number of nitrogens with zero attached hydrogens (tertiary/aromatic N) is 2. The van der Waals surface area contributed by atoms with Gasteiger partial charge in [-0.1, -0.05) is 0 Å². The van der Waals surface area contributed by atoms with Crippen LogP contribution in [0.3, 0.4) is 0 Å². The fraction of sp³-hybridized carbons (Fsp3) is 0.846. The molecule has 1 aliphatic rings. The summed E-state index contributed by atoms with van der Waals surface area (Å²) < 4.78 is 0. The molecule has 1 rings (SSSR count). The summed E-state index contributed by atoms with van der Waals surface area (Å²) in [5, 5.41) is 11.7. The number of amides is 1. The van der Waals surface area contributed by atoms with Crippen molar-refractivity contribution >= 4 is 11.9 Å². The Balaban J connectivity index is 2.36. The van der Waals surface area contributed by atoms with Crippen molar-refractivity contribution in [1.82, 2.24) is 15.1 Å². The minimum Gasteiger partial charge on any atom is -0.480 e. The van der Waals surface area contributed by atoms with Gasteiger partial charge in [0.15, 0.2) is 0 Å². The van der Waals surface area contributed by atoms with Crippen LogP contribution < -0.4 is 5.32 Å². The Morgan fingerprint density at radius 2 is 1.58 bits per heavy atom. The summed E-state index contributed by atoms with van der Waals surface area (Å²) in [6.07, 6.45) is 0.899. The Labute approximate surface area is 114 Å². The van der Waals surface area contributed by atoms with Gasteiger partial charge in [0.2, 0.25) is 5.91 Å². The van der Waals surface area contributed by atoms with Crippen molar-refractivity contribution in [3.8, 4) is 0 Å². The minimum atomic E-state index is -0.793. The van der Waals surface area contributed by atoms with Gasteiger partial charge in [-0.05, 0) is 33.7 Å². The number of carbonyl (C=O) groups is 2. The van der Waals surface area contributed by atoms with Crippen molar-refractivity contribution in [2.75, 3.05) is 39.3 Å². The third-order valence-corrected chi connectivity index (χ3v) is 2.92. The first-order valence-electron chi connectivity index (χ1n) is 6.74. The average Bonchev–Trinajstić information content (AvgIpc) is 2.40. The maximum atomic E-state index is 11.8. The Bertz CT molecular complexity index is 326. The molecular weight excluding hydrogens is 246 g/mol. The highest BCUT2D eigenvalue weighted by molar-refractivity contribution is 5.78. The van der Waals surface area contributed by atoms with E-state index in [2.05, 4.69) is 10.2 Å². The van der Waals surface area contributed by atoms with Crippen molar-refractivity contribution in [1.29, 1.82) is 0 Å². The summed E-state index contributed by atoms with van der Waals surface area (Å²) in [6.45, 7) is 9.42. The van der Waals surface area contributed by atoms with Gasteiger partial charge < -0.3 is 10.4 Å². The highest BCUT2D eigenvalue weighted by Gasteiger charge is 2.20. The van der Waals surface area contributed by atoms with Crippen LogP contribution in [0, 0.1) is 0 Å². The summed E-state index contributed by atoms with van der Waals surface area (Å²) in [5.41, 5.74) is -0.210. The number of carboxylic acid groups (broad SMARTS) is 1. The standard InChI is InChI=1S/C13H25N3O3/c1-13(2,3)14-11(17)9-15-5-4-6-16(8-7-15)10-12(18)19/h4-10H2,1-3H3,(H,14,17)(H,18,19). The number of hydrogen-bond acceptors (Lipinski definition) is 4. The van der Waals surface area contributed by atoms with Crippen molar-refractivity contribution in [3.05, 3.63) is 0 Å². The maximum Gasteiger partial charge on any atom is 0.317 e. The van der Waals surface area contributed by atoms with E-state index in [0.717, 1.165) is 26.1 Å². The van der Waals surface area contributed by atoms with Gasteiger partial charge in [0.25, 0.3) is 0 Å². The SMILES string of the molecule is CC(C)(C)NC(=O)CN1CCCN(CC(=O)O)CC1. The predicted molar refractivity (Wildman–Crippen MR) is 73.0 cm³/mol. The van der Waals surface area contributed by atoms with Crippen LogP contribution in [0.2, 0.25) is 0 Å². The summed E-state index contributed by atoms with van der Waals surface area (Å²) in [5.74, 6) is -0.766. The largest absolute Gasteiger partial charge is 0.480 e. The van der Waals surface area contributed by atoms with Gasteiger partial charge in [-0.15, -0.1) is 0 Å². The topological polar surface area (TPSA) is 72.9 Å². The third-order valence-electron chi connectivity index (χ3n) is 2.92. The van der Waals surface area contributed by atoms with Gasteiger partial charge in [-0.3, -0.25) is 19.4 Å². The second-order valence-corrected chi connectivity index (χ2v) is 6.10. The first-order chi connectivity index (χ1) is 8.76. The van der Waals surface area contributed by atoms with E-state index in [0.29, 0.717) is 13.1 Å². The Morgan fingerprint density at radius 1 is 1.05 bits per heavy atom. The molecule has 0 saturated carbocycles. The van der Waals surface area contributed by atoms with Gasteiger partial charge >= 0.3 is 5.97 Å². The third kappa shape index (κ3) is 7.12. The summed E-state index contributed by atoms with van der Waals surface area (Å²) >= 11 is 0. The molecule has 110 valence electrons. The van der Waals surface area contributed by atoms with Crippen molar-refractivity contribution < 1.29 is 14.7 Å². The van der Waals surface area contributed by atoms with E-state index in [1.807, 2.05) is 25.7 Å². The lowest BCUT2D eigenvalue weighted by Gasteiger charge is -2.24.